The number of thiocarbonyl (C=S) groups is 1. The predicted molar refractivity (Wildman–Crippen MR) is 70.2 cm³/mol. The first kappa shape index (κ1) is 16.6. The molecule has 0 aromatic heterocycles. The minimum Gasteiger partial charge on any atom is -0.392 e. The molecule has 0 radical (unpaired) electrons. The van der Waals surface area contributed by atoms with Crippen molar-refractivity contribution in [2.45, 2.75) is 50.2 Å². The van der Waals surface area contributed by atoms with Crippen molar-refractivity contribution in [3.8, 4) is 0 Å². The Morgan fingerprint density at radius 3 is 2.26 bits per heavy atom. The van der Waals surface area contributed by atoms with Crippen LogP contribution in [0.15, 0.2) is 0 Å². The van der Waals surface area contributed by atoms with Crippen molar-refractivity contribution >= 4 is 27.2 Å². The fourth-order valence-electron chi connectivity index (χ4n) is 2.19. The van der Waals surface area contributed by atoms with E-state index in [-0.39, 0.29) is 4.99 Å². The Kier molecular flexibility index (Phi) is 5.19. The highest BCUT2D eigenvalue weighted by Crippen LogP contribution is 2.31. The largest absolute Gasteiger partial charge is 0.392 e. The number of hydrogen-bond acceptors (Lipinski definition) is 3. The van der Waals surface area contributed by atoms with Crippen LogP contribution in [0.2, 0.25) is 0 Å². The number of hydrogen-bond donors (Lipinski definition) is 2. The quantitative estimate of drug-likeness (QED) is 0.733. The molecule has 0 aromatic rings. The maximum absolute atomic E-state index is 12.0. The normalized spacial score (nSPS) is 19.5. The van der Waals surface area contributed by atoms with Crippen LogP contribution in [-0.2, 0) is 10.0 Å². The van der Waals surface area contributed by atoms with Crippen LogP contribution in [0.1, 0.15) is 38.5 Å². The van der Waals surface area contributed by atoms with Crippen molar-refractivity contribution in [1.82, 2.24) is 4.72 Å². The molecule has 1 rings (SSSR count). The molecule has 1 saturated carbocycles. The average Bonchev–Trinajstić information content (AvgIpc) is 2.63. The highest BCUT2D eigenvalue weighted by atomic mass is 32.2. The third kappa shape index (κ3) is 5.23. The summed E-state index contributed by atoms with van der Waals surface area (Å²) in [5.41, 5.74) is 4.61. The monoisotopic (exact) mass is 318 g/mol. The SMILES string of the molecule is NC(=S)C1(NS(=O)(=O)CCCC(F)(F)F)CCCC1. The van der Waals surface area contributed by atoms with Crippen molar-refractivity contribution < 1.29 is 21.6 Å². The van der Waals surface area contributed by atoms with E-state index in [2.05, 4.69) is 4.72 Å². The zero-order valence-electron chi connectivity index (χ0n) is 10.3. The maximum Gasteiger partial charge on any atom is 0.389 e. The first-order valence-electron chi connectivity index (χ1n) is 5.95. The van der Waals surface area contributed by atoms with E-state index in [1.54, 1.807) is 0 Å². The second-order valence-corrected chi connectivity index (χ2v) is 7.07. The third-order valence-electron chi connectivity index (χ3n) is 3.15. The Morgan fingerprint density at radius 1 is 1.32 bits per heavy atom. The Hall–Kier alpha value is -0.410. The lowest BCUT2D eigenvalue weighted by atomic mass is 10.00. The molecule has 0 heterocycles. The van der Waals surface area contributed by atoms with Gasteiger partial charge in [0.05, 0.1) is 16.3 Å². The molecule has 0 amide bonds. The van der Waals surface area contributed by atoms with Crippen molar-refractivity contribution in [3.05, 3.63) is 0 Å². The number of rotatable bonds is 6. The van der Waals surface area contributed by atoms with E-state index in [1.807, 2.05) is 0 Å². The van der Waals surface area contributed by atoms with E-state index in [0.29, 0.717) is 12.8 Å². The van der Waals surface area contributed by atoms with Crippen LogP contribution in [0.4, 0.5) is 13.2 Å². The molecule has 19 heavy (non-hydrogen) atoms. The molecule has 9 heteroatoms. The predicted octanol–water partition coefficient (Wildman–Crippen LogP) is 1.85. The summed E-state index contributed by atoms with van der Waals surface area (Å²) in [5, 5.41) is 0. The van der Waals surface area contributed by atoms with Gasteiger partial charge in [0.25, 0.3) is 0 Å². The van der Waals surface area contributed by atoms with Gasteiger partial charge in [-0.3, -0.25) is 0 Å². The second-order valence-electron chi connectivity index (χ2n) is 4.79. The first-order chi connectivity index (χ1) is 8.56. The van der Waals surface area contributed by atoms with Crippen LogP contribution >= 0.6 is 12.2 Å². The van der Waals surface area contributed by atoms with Crippen LogP contribution in [0.3, 0.4) is 0 Å². The molecule has 0 saturated heterocycles. The molecular weight excluding hydrogens is 301 g/mol. The van der Waals surface area contributed by atoms with Gasteiger partial charge < -0.3 is 5.73 Å². The third-order valence-corrected chi connectivity index (χ3v) is 5.07. The Morgan fingerprint density at radius 2 is 1.84 bits per heavy atom. The summed E-state index contributed by atoms with van der Waals surface area (Å²) < 4.78 is 61.9. The van der Waals surface area contributed by atoms with E-state index < -0.39 is 40.3 Å². The van der Waals surface area contributed by atoms with Gasteiger partial charge in [-0.2, -0.15) is 13.2 Å². The van der Waals surface area contributed by atoms with E-state index >= 15 is 0 Å². The Bertz CT molecular complexity index is 429. The van der Waals surface area contributed by atoms with Gasteiger partial charge in [-0.05, 0) is 19.3 Å². The molecule has 3 N–H and O–H groups in total. The molecule has 112 valence electrons. The summed E-state index contributed by atoms with van der Waals surface area (Å²) in [6, 6.07) is 0. The molecule has 0 aromatic carbocycles. The zero-order valence-corrected chi connectivity index (χ0v) is 11.9. The van der Waals surface area contributed by atoms with Crippen LogP contribution in [0.25, 0.3) is 0 Å². The van der Waals surface area contributed by atoms with Gasteiger partial charge in [0, 0.05) is 6.42 Å². The minimum absolute atomic E-state index is 0.0596. The molecule has 4 nitrogen and oxygen atoms in total. The fourth-order valence-corrected chi connectivity index (χ4v) is 4.04. The van der Waals surface area contributed by atoms with E-state index in [0.717, 1.165) is 12.8 Å². The molecule has 0 unspecified atom stereocenters. The van der Waals surface area contributed by atoms with E-state index in [1.165, 1.54) is 0 Å². The van der Waals surface area contributed by atoms with Gasteiger partial charge in [0.2, 0.25) is 10.0 Å². The zero-order chi connectivity index (χ0) is 14.7. The molecule has 0 bridgehead atoms. The summed E-state index contributed by atoms with van der Waals surface area (Å²) in [6.45, 7) is 0. The average molecular weight is 318 g/mol. The van der Waals surface area contributed by atoms with Crippen molar-refractivity contribution in [1.29, 1.82) is 0 Å². The summed E-state index contributed by atoms with van der Waals surface area (Å²) in [5.74, 6) is -0.573. The second kappa shape index (κ2) is 5.92. The van der Waals surface area contributed by atoms with Crippen molar-refractivity contribution in [3.63, 3.8) is 0 Å². The van der Waals surface area contributed by atoms with Crippen LogP contribution in [0, 0.1) is 0 Å². The highest BCUT2D eigenvalue weighted by Gasteiger charge is 2.40. The fraction of sp³-hybridized carbons (Fsp3) is 0.900. The van der Waals surface area contributed by atoms with Crippen LogP contribution < -0.4 is 10.5 Å². The van der Waals surface area contributed by atoms with Gasteiger partial charge in [-0.1, -0.05) is 25.1 Å². The Labute approximate surface area is 116 Å². The molecular formula is C10H17F3N2O2S2. The number of sulfonamides is 1. The topological polar surface area (TPSA) is 72.2 Å². The molecule has 1 aliphatic rings. The molecule has 1 aliphatic carbocycles. The smallest absolute Gasteiger partial charge is 0.389 e. The summed E-state index contributed by atoms with van der Waals surface area (Å²) in [7, 11) is -3.81. The number of nitrogens with two attached hydrogens (primary N) is 1. The lowest BCUT2D eigenvalue weighted by Crippen LogP contribution is -2.55. The number of halogens is 3. The Balaban J connectivity index is 2.61. The van der Waals surface area contributed by atoms with E-state index in [9.17, 15) is 21.6 Å². The van der Waals surface area contributed by atoms with Gasteiger partial charge in [-0.15, -0.1) is 0 Å². The number of nitrogens with one attached hydrogen (secondary N) is 1. The molecule has 0 spiro atoms. The summed E-state index contributed by atoms with van der Waals surface area (Å²) in [4.78, 5) is 0.0596. The molecule has 0 atom stereocenters. The lowest BCUT2D eigenvalue weighted by molar-refractivity contribution is -0.134. The highest BCUT2D eigenvalue weighted by molar-refractivity contribution is 7.89. The van der Waals surface area contributed by atoms with Crippen molar-refractivity contribution in [2.75, 3.05) is 5.75 Å². The summed E-state index contributed by atoms with van der Waals surface area (Å²) in [6.07, 6.45) is -3.34. The van der Waals surface area contributed by atoms with Crippen LogP contribution in [0.5, 0.6) is 0 Å². The first-order valence-corrected chi connectivity index (χ1v) is 8.01. The maximum atomic E-state index is 12.0. The standard InChI is InChI=1S/C10H17F3N2O2S2/c11-10(12,13)6-3-7-19(16,17)15-9(8(14)18)4-1-2-5-9/h15H,1-7H2,(H2,14,18). The van der Waals surface area contributed by atoms with Gasteiger partial charge in [0.15, 0.2) is 0 Å². The van der Waals surface area contributed by atoms with Gasteiger partial charge in [-0.25, -0.2) is 13.1 Å². The van der Waals surface area contributed by atoms with Gasteiger partial charge >= 0.3 is 6.18 Å². The van der Waals surface area contributed by atoms with Crippen LogP contribution in [-0.4, -0.2) is 30.9 Å². The summed E-state index contributed by atoms with van der Waals surface area (Å²) >= 11 is 4.88. The van der Waals surface area contributed by atoms with Gasteiger partial charge in [0.1, 0.15) is 0 Å². The number of alkyl halides is 3. The van der Waals surface area contributed by atoms with Crippen molar-refractivity contribution in [2.24, 2.45) is 5.73 Å². The molecule has 0 aliphatic heterocycles. The minimum atomic E-state index is -4.34. The molecule has 1 fully saturated rings. The van der Waals surface area contributed by atoms with E-state index in [4.69, 9.17) is 18.0 Å². The lowest BCUT2D eigenvalue weighted by Gasteiger charge is -2.28.